The van der Waals surface area contributed by atoms with Crippen LogP contribution in [0.15, 0.2) is 48.5 Å². The summed E-state index contributed by atoms with van der Waals surface area (Å²) in [6.07, 6.45) is -0.475. The second-order valence-corrected chi connectivity index (χ2v) is 7.35. The van der Waals surface area contributed by atoms with Crippen LogP contribution in [-0.4, -0.2) is 17.7 Å². The molecule has 6 nitrogen and oxygen atoms in total. The van der Waals surface area contributed by atoms with Gasteiger partial charge >= 0.3 is 12.1 Å². The van der Waals surface area contributed by atoms with Crippen molar-refractivity contribution in [2.45, 2.75) is 46.4 Å². The van der Waals surface area contributed by atoms with Gasteiger partial charge in [-0.05, 0) is 51.0 Å². The maximum atomic E-state index is 12.1. The van der Waals surface area contributed by atoms with Crippen molar-refractivity contribution in [2.75, 3.05) is 5.32 Å². The van der Waals surface area contributed by atoms with Crippen molar-refractivity contribution in [3.05, 3.63) is 65.2 Å². The molecule has 0 aliphatic carbocycles. The average molecular weight is 369 g/mol. The van der Waals surface area contributed by atoms with Crippen molar-refractivity contribution in [1.82, 2.24) is 10.6 Å². The minimum absolute atomic E-state index is 0.284. The van der Waals surface area contributed by atoms with E-state index in [4.69, 9.17) is 4.74 Å². The monoisotopic (exact) mass is 369 g/mol. The minimum atomic E-state index is -0.539. The molecule has 0 aromatic heterocycles. The molecule has 0 radical (unpaired) electrons. The molecular formula is C21H27N3O3. The van der Waals surface area contributed by atoms with Gasteiger partial charge < -0.3 is 20.7 Å². The standard InChI is InChI=1S/C21H27N3O3/c1-15-8-10-16(11-9-15)13-22-19(25)24-18-7-5-6-17(12-18)14-23-20(26)27-21(2,3)4/h5-12H,13-14H2,1-4H3,(H,23,26)(H2,22,24,25). The van der Waals surface area contributed by atoms with Gasteiger partial charge in [-0.2, -0.15) is 0 Å². The topological polar surface area (TPSA) is 79.5 Å². The number of aryl methyl sites for hydroxylation is 1. The highest BCUT2D eigenvalue weighted by molar-refractivity contribution is 5.89. The van der Waals surface area contributed by atoms with E-state index in [0.717, 1.165) is 11.1 Å². The van der Waals surface area contributed by atoms with Crippen LogP contribution in [0, 0.1) is 6.92 Å². The van der Waals surface area contributed by atoms with E-state index in [0.29, 0.717) is 18.8 Å². The SMILES string of the molecule is Cc1ccc(CNC(=O)Nc2cccc(CNC(=O)OC(C)(C)C)c2)cc1. The van der Waals surface area contributed by atoms with E-state index in [1.807, 2.05) is 70.2 Å². The summed E-state index contributed by atoms with van der Waals surface area (Å²) in [5.41, 5.74) is 3.19. The number of amides is 3. The molecule has 144 valence electrons. The van der Waals surface area contributed by atoms with E-state index in [1.165, 1.54) is 5.56 Å². The molecule has 0 heterocycles. The minimum Gasteiger partial charge on any atom is -0.444 e. The van der Waals surface area contributed by atoms with Gasteiger partial charge in [0.2, 0.25) is 0 Å². The number of urea groups is 1. The quantitative estimate of drug-likeness (QED) is 0.733. The number of alkyl carbamates (subject to hydrolysis) is 1. The lowest BCUT2D eigenvalue weighted by Gasteiger charge is -2.19. The summed E-state index contributed by atoms with van der Waals surface area (Å²) >= 11 is 0. The molecule has 6 heteroatoms. The van der Waals surface area contributed by atoms with Crippen molar-refractivity contribution in [1.29, 1.82) is 0 Å². The summed E-state index contributed by atoms with van der Waals surface area (Å²) in [5, 5.41) is 8.32. The normalized spacial score (nSPS) is 10.8. The van der Waals surface area contributed by atoms with E-state index in [1.54, 1.807) is 6.07 Å². The van der Waals surface area contributed by atoms with Gasteiger partial charge in [-0.1, -0.05) is 42.0 Å². The van der Waals surface area contributed by atoms with Crippen LogP contribution in [0.2, 0.25) is 0 Å². The highest BCUT2D eigenvalue weighted by Crippen LogP contribution is 2.12. The maximum absolute atomic E-state index is 12.1. The average Bonchev–Trinajstić information content (AvgIpc) is 2.58. The lowest BCUT2D eigenvalue weighted by molar-refractivity contribution is 0.0523. The molecule has 2 aromatic carbocycles. The number of anilines is 1. The molecule has 2 rings (SSSR count). The fraction of sp³-hybridized carbons (Fsp3) is 0.333. The molecule has 0 fully saturated rings. The summed E-state index contributed by atoms with van der Waals surface area (Å²) in [4.78, 5) is 23.8. The smallest absolute Gasteiger partial charge is 0.407 e. The van der Waals surface area contributed by atoms with Gasteiger partial charge in [0.1, 0.15) is 5.60 Å². The molecule has 3 amide bonds. The zero-order valence-corrected chi connectivity index (χ0v) is 16.3. The number of hydrogen-bond acceptors (Lipinski definition) is 3. The fourth-order valence-electron chi connectivity index (χ4n) is 2.31. The number of ether oxygens (including phenoxy) is 1. The Kier molecular flexibility index (Phi) is 6.82. The Balaban J connectivity index is 1.82. The van der Waals surface area contributed by atoms with Crippen molar-refractivity contribution < 1.29 is 14.3 Å². The highest BCUT2D eigenvalue weighted by Gasteiger charge is 2.15. The Morgan fingerprint density at radius 3 is 2.26 bits per heavy atom. The van der Waals surface area contributed by atoms with Crippen LogP contribution >= 0.6 is 0 Å². The summed E-state index contributed by atoms with van der Waals surface area (Å²) in [5.74, 6) is 0. The van der Waals surface area contributed by atoms with Crippen LogP contribution in [0.1, 0.15) is 37.5 Å². The lowest BCUT2D eigenvalue weighted by atomic mass is 10.1. The van der Waals surface area contributed by atoms with E-state index in [9.17, 15) is 9.59 Å². The summed E-state index contributed by atoms with van der Waals surface area (Å²) in [7, 11) is 0. The van der Waals surface area contributed by atoms with Crippen molar-refractivity contribution in [3.63, 3.8) is 0 Å². The first-order chi connectivity index (χ1) is 12.7. The molecule has 0 unspecified atom stereocenters. The third-order valence-electron chi connectivity index (χ3n) is 3.59. The van der Waals surface area contributed by atoms with E-state index in [2.05, 4.69) is 16.0 Å². The Morgan fingerprint density at radius 2 is 1.59 bits per heavy atom. The molecule has 0 aliphatic rings. The lowest BCUT2D eigenvalue weighted by Crippen LogP contribution is -2.32. The number of carbonyl (C=O) groups excluding carboxylic acids is 2. The Bertz CT molecular complexity index is 780. The summed E-state index contributed by atoms with van der Waals surface area (Å²) in [6, 6.07) is 15.0. The number of benzene rings is 2. The Morgan fingerprint density at radius 1 is 0.926 bits per heavy atom. The number of nitrogens with one attached hydrogen (secondary N) is 3. The zero-order valence-electron chi connectivity index (χ0n) is 16.3. The first-order valence-electron chi connectivity index (χ1n) is 8.87. The van der Waals surface area contributed by atoms with Crippen LogP contribution in [0.4, 0.5) is 15.3 Å². The van der Waals surface area contributed by atoms with Gasteiger partial charge in [-0.3, -0.25) is 0 Å². The molecule has 3 N–H and O–H groups in total. The molecule has 0 atom stereocenters. The van der Waals surface area contributed by atoms with Gasteiger partial charge in [-0.15, -0.1) is 0 Å². The van der Waals surface area contributed by atoms with Crippen LogP contribution in [0.3, 0.4) is 0 Å². The zero-order chi connectivity index (χ0) is 19.9. The molecule has 27 heavy (non-hydrogen) atoms. The molecule has 0 bridgehead atoms. The second kappa shape index (κ2) is 9.07. The highest BCUT2D eigenvalue weighted by atomic mass is 16.6. The van der Waals surface area contributed by atoms with Gasteiger partial charge in [0.25, 0.3) is 0 Å². The van der Waals surface area contributed by atoms with Gasteiger partial charge in [0, 0.05) is 18.8 Å². The van der Waals surface area contributed by atoms with Crippen molar-refractivity contribution >= 4 is 17.8 Å². The second-order valence-electron chi connectivity index (χ2n) is 7.35. The molecule has 2 aromatic rings. The van der Waals surface area contributed by atoms with Gasteiger partial charge in [0.15, 0.2) is 0 Å². The third-order valence-corrected chi connectivity index (χ3v) is 3.59. The predicted molar refractivity (Wildman–Crippen MR) is 107 cm³/mol. The van der Waals surface area contributed by atoms with E-state index in [-0.39, 0.29) is 6.03 Å². The van der Waals surface area contributed by atoms with Crippen LogP contribution in [0.25, 0.3) is 0 Å². The van der Waals surface area contributed by atoms with Crippen LogP contribution in [-0.2, 0) is 17.8 Å². The number of hydrogen-bond donors (Lipinski definition) is 3. The maximum Gasteiger partial charge on any atom is 0.407 e. The summed E-state index contributed by atoms with van der Waals surface area (Å²) in [6.45, 7) is 8.22. The van der Waals surface area contributed by atoms with Crippen LogP contribution < -0.4 is 16.0 Å². The first-order valence-corrected chi connectivity index (χ1v) is 8.87. The van der Waals surface area contributed by atoms with Crippen molar-refractivity contribution in [2.24, 2.45) is 0 Å². The first kappa shape index (κ1) is 20.3. The van der Waals surface area contributed by atoms with E-state index >= 15 is 0 Å². The van der Waals surface area contributed by atoms with Gasteiger partial charge in [0.05, 0.1) is 0 Å². The third kappa shape index (κ3) is 7.81. The molecule has 0 saturated heterocycles. The van der Waals surface area contributed by atoms with Gasteiger partial charge in [-0.25, -0.2) is 9.59 Å². The molecule has 0 saturated carbocycles. The summed E-state index contributed by atoms with van der Waals surface area (Å²) < 4.78 is 5.21. The van der Waals surface area contributed by atoms with E-state index < -0.39 is 11.7 Å². The fourth-order valence-corrected chi connectivity index (χ4v) is 2.31. The Hall–Kier alpha value is -3.02. The van der Waals surface area contributed by atoms with Crippen molar-refractivity contribution in [3.8, 4) is 0 Å². The molecule has 0 spiro atoms. The number of carbonyl (C=O) groups is 2. The van der Waals surface area contributed by atoms with Crippen LogP contribution in [0.5, 0.6) is 0 Å². The Labute approximate surface area is 160 Å². The molecule has 0 aliphatic heterocycles. The predicted octanol–water partition coefficient (Wildman–Crippen LogP) is 4.34. The number of rotatable bonds is 5. The largest absolute Gasteiger partial charge is 0.444 e. The molecular weight excluding hydrogens is 342 g/mol.